The van der Waals surface area contributed by atoms with E-state index in [4.69, 9.17) is 18.6 Å². The number of furan rings is 1. The maximum absolute atomic E-state index is 12.3. The summed E-state index contributed by atoms with van der Waals surface area (Å²) in [4.78, 5) is 24.1. The zero-order valence-electron chi connectivity index (χ0n) is 15.0. The molecule has 1 aromatic carbocycles. The molecule has 140 valence electrons. The molecule has 26 heavy (non-hydrogen) atoms. The van der Waals surface area contributed by atoms with Crippen LogP contribution in [-0.4, -0.2) is 39.7 Å². The van der Waals surface area contributed by atoms with E-state index in [1.165, 1.54) is 21.3 Å². The topological polar surface area (TPSA) is 99.0 Å². The van der Waals surface area contributed by atoms with E-state index in [1.807, 2.05) is 0 Å². The van der Waals surface area contributed by atoms with Gasteiger partial charge < -0.3 is 29.3 Å². The molecule has 1 heterocycles. The zero-order valence-corrected chi connectivity index (χ0v) is 15.0. The highest BCUT2D eigenvalue weighted by Gasteiger charge is 2.17. The van der Waals surface area contributed by atoms with Gasteiger partial charge in [-0.05, 0) is 24.3 Å². The lowest BCUT2D eigenvalue weighted by Gasteiger charge is -2.14. The largest absolute Gasteiger partial charge is 0.493 e. The van der Waals surface area contributed by atoms with Crippen LogP contribution in [0.5, 0.6) is 17.2 Å². The van der Waals surface area contributed by atoms with E-state index in [2.05, 4.69) is 10.6 Å². The zero-order chi connectivity index (χ0) is 18.9. The third-order valence-corrected chi connectivity index (χ3v) is 3.60. The van der Waals surface area contributed by atoms with Crippen LogP contribution in [0.25, 0.3) is 0 Å². The van der Waals surface area contributed by atoms with Crippen LogP contribution < -0.4 is 24.8 Å². The minimum absolute atomic E-state index is 0.150. The highest BCUT2D eigenvalue weighted by molar-refractivity contribution is 5.95. The smallest absolute Gasteiger partial charge is 0.251 e. The summed E-state index contributed by atoms with van der Waals surface area (Å²) >= 11 is 0. The molecule has 0 radical (unpaired) electrons. The number of methoxy groups -OCH3 is 3. The lowest BCUT2D eigenvalue weighted by molar-refractivity contribution is -0.121. The lowest BCUT2D eigenvalue weighted by atomic mass is 10.1. The number of ether oxygens (including phenoxy) is 3. The van der Waals surface area contributed by atoms with Gasteiger partial charge in [0, 0.05) is 18.5 Å². The summed E-state index contributed by atoms with van der Waals surface area (Å²) in [6.45, 7) is 0.506. The minimum Gasteiger partial charge on any atom is -0.493 e. The molecule has 8 nitrogen and oxygen atoms in total. The second-order valence-corrected chi connectivity index (χ2v) is 5.28. The number of hydrogen-bond acceptors (Lipinski definition) is 6. The Morgan fingerprint density at radius 3 is 2.27 bits per heavy atom. The molecule has 2 N–H and O–H groups in total. The molecule has 2 amide bonds. The van der Waals surface area contributed by atoms with Gasteiger partial charge >= 0.3 is 0 Å². The van der Waals surface area contributed by atoms with Gasteiger partial charge in [0.2, 0.25) is 11.7 Å². The van der Waals surface area contributed by atoms with Crippen molar-refractivity contribution in [3.63, 3.8) is 0 Å². The van der Waals surface area contributed by atoms with Gasteiger partial charge in [0.25, 0.3) is 5.91 Å². The van der Waals surface area contributed by atoms with Crippen molar-refractivity contribution in [1.29, 1.82) is 0 Å². The van der Waals surface area contributed by atoms with Crippen LogP contribution >= 0.6 is 0 Å². The van der Waals surface area contributed by atoms with Crippen molar-refractivity contribution < 1.29 is 28.2 Å². The van der Waals surface area contributed by atoms with Crippen molar-refractivity contribution in [2.75, 3.05) is 27.9 Å². The fraction of sp³-hybridized carbons (Fsp3) is 0.333. The van der Waals surface area contributed by atoms with Gasteiger partial charge in [0.05, 0.1) is 34.1 Å². The molecule has 0 aliphatic rings. The van der Waals surface area contributed by atoms with Gasteiger partial charge in [-0.3, -0.25) is 9.59 Å². The maximum atomic E-state index is 12.3. The Kier molecular flexibility index (Phi) is 6.90. The highest BCUT2D eigenvalue weighted by atomic mass is 16.5. The predicted molar refractivity (Wildman–Crippen MR) is 93.6 cm³/mol. The molecule has 0 saturated heterocycles. The molecule has 0 spiro atoms. The SMILES string of the molecule is COc1cc(C(=O)NCCC(=O)NCc2ccco2)cc(OC)c1OC. The molecule has 2 rings (SSSR count). The van der Waals surface area contributed by atoms with Crippen LogP contribution in [0.1, 0.15) is 22.5 Å². The van der Waals surface area contributed by atoms with E-state index < -0.39 is 0 Å². The summed E-state index contributed by atoms with van der Waals surface area (Å²) in [6, 6.07) is 6.62. The van der Waals surface area contributed by atoms with Crippen LogP contribution in [0.3, 0.4) is 0 Å². The van der Waals surface area contributed by atoms with E-state index in [0.717, 1.165) is 0 Å². The second kappa shape index (κ2) is 9.36. The monoisotopic (exact) mass is 362 g/mol. The standard InChI is InChI=1S/C18H22N2O6/c1-23-14-9-12(10-15(24-2)17(14)25-3)18(22)19-7-6-16(21)20-11-13-5-4-8-26-13/h4-5,8-10H,6-7,11H2,1-3H3,(H,19,22)(H,20,21). The second-order valence-electron chi connectivity index (χ2n) is 5.28. The predicted octanol–water partition coefficient (Wildman–Crippen LogP) is 1.74. The fourth-order valence-electron chi connectivity index (χ4n) is 2.29. The first-order chi connectivity index (χ1) is 12.6. The molecule has 2 aromatic rings. The summed E-state index contributed by atoms with van der Waals surface area (Å²) in [5, 5.41) is 5.40. The average Bonchev–Trinajstić information content (AvgIpc) is 3.18. The van der Waals surface area contributed by atoms with Crippen molar-refractivity contribution >= 4 is 11.8 Å². The van der Waals surface area contributed by atoms with Gasteiger partial charge in [-0.1, -0.05) is 0 Å². The molecule has 0 saturated carbocycles. The Balaban J connectivity index is 1.88. The quantitative estimate of drug-likeness (QED) is 0.705. The van der Waals surface area contributed by atoms with E-state index in [1.54, 1.807) is 30.5 Å². The van der Waals surface area contributed by atoms with Crippen molar-refractivity contribution in [2.24, 2.45) is 0 Å². The Morgan fingerprint density at radius 2 is 1.73 bits per heavy atom. The molecular formula is C18H22N2O6. The number of carbonyl (C=O) groups is 2. The van der Waals surface area contributed by atoms with Gasteiger partial charge in [0.15, 0.2) is 11.5 Å². The molecule has 0 aliphatic carbocycles. The first kappa shape index (κ1) is 19.2. The molecule has 0 unspecified atom stereocenters. The summed E-state index contributed by atoms with van der Waals surface area (Å²) < 4.78 is 20.8. The lowest BCUT2D eigenvalue weighted by Crippen LogP contribution is -2.30. The normalized spacial score (nSPS) is 10.1. The third kappa shape index (κ3) is 4.92. The molecular weight excluding hydrogens is 340 g/mol. The average molecular weight is 362 g/mol. The van der Waals surface area contributed by atoms with E-state index in [9.17, 15) is 9.59 Å². The van der Waals surface area contributed by atoms with Gasteiger partial charge in [-0.2, -0.15) is 0 Å². The molecule has 0 fully saturated rings. The number of nitrogens with one attached hydrogen (secondary N) is 2. The van der Waals surface area contributed by atoms with Crippen molar-refractivity contribution in [1.82, 2.24) is 10.6 Å². The number of hydrogen-bond donors (Lipinski definition) is 2. The summed E-state index contributed by atoms with van der Waals surface area (Å²) in [6.07, 6.45) is 1.69. The van der Waals surface area contributed by atoms with Crippen LogP contribution in [0.15, 0.2) is 34.9 Å². The van der Waals surface area contributed by atoms with Gasteiger partial charge in [-0.15, -0.1) is 0 Å². The number of amides is 2. The summed E-state index contributed by atoms with van der Waals surface area (Å²) in [5.74, 6) is 1.31. The Bertz CT molecular complexity index is 717. The first-order valence-electron chi connectivity index (χ1n) is 7.96. The fourth-order valence-corrected chi connectivity index (χ4v) is 2.29. The molecule has 0 aliphatic heterocycles. The van der Waals surface area contributed by atoms with Crippen LogP contribution in [-0.2, 0) is 11.3 Å². The van der Waals surface area contributed by atoms with Gasteiger partial charge in [-0.25, -0.2) is 0 Å². The highest BCUT2D eigenvalue weighted by Crippen LogP contribution is 2.38. The molecule has 8 heteroatoms. The maximum Gasteiger partial charge on any atom is 0.251 e. The first-order valence-corrected chi connectivity index (χ1v) is 7.96. The minimum atomic E-state index is -0.344. The van der Waals surface area contributed by atoms with Crippen molar-refractivity contribution in [2.45, 2.75) is 13.0 Å². The molecule has 0 bridgehead atoms. The van der Waals surface area contributed by atoms with Crippen molar-refractivity contribution in [3.8, 4) is 17.2 Å². The van der Waals surface area contributed by atoms with E-state index in [-0.39, 0.29) is 24.8 Å². The van der Waals surface area contributed by atoms with Crippen LogP contribution in [0.4, 0.5) is 0 Å². The van der Waals surface area contributed by atoms with Gasteiger partial charge in [0.1, 0.15) is 5.76 Å². The number of rotatable bonds is 9. The number of benzene rings is 1. The Morgan fingerprint density at radius 1 is 1.04 bits per heavy atom. The summed E-state index contributed by atoms with van der Waals surface area (Å²) in [7, 11) is 4.44. The van der Waals surface area contributed by atoms with E-state index >= 15 is 0 Å². The van der Waals surface area contributed by atoms with Crippen molar-refractivity contribution in [3.05, 3.63) is 41.9 Å². The Hall–Kier alpha value is -3.16. The van der Waals surface area contributed by atoms with E-state index in [0.29, 0.717) is 35.1 Å². The third-order valence-electron chi connectivity index (χ3n) is 3.60. The molecule has 0 atom stereocenters. The molecule has 1 aromatic heterocycles. The number of carbonyl (C=O) groups excluding carboxylic acids is 2. The Labute approximate surface area is 151 Å². The van der Waals surface area contributed by atoms with Crippen LogP contribution in [0, 0.1) is 0 Å². The van der Waals surface area contributed by atoms with Crippen LogP contribution in [0.2, 0.25) is 0 Å². The summed E-state index contributed by atoms with van der Waals surface area (Å²) in [5.41, 5.74) is 0.343.